The van der Waals surface area contributed by atoms with Crippen molar-refractivity contribution in [2.45, 2.75) is 13.1 Å². The van der Waals surface area contributed by atoms with Gasteiger partial charge in [-0.1, -0.05) is 12.1 Å². The van der Waals surface area contributed by atoms with Crippen LogP contribution in [0.25, 0.3) is 0 Å². The number of nitrogens with zero attached hydrogens (tertiary/aromatic N) is 2. The van der Waals surface area contributed by atoms with Crippen LogP contribution in [0.3, 0.4) is 0 Å². The van der Waals surface area contributed by atoms with Crippen LogP contribution in [0.1, 0.15) is 12.1 Å². The number of methoxy groups -OCH3 is 1. The van der Waals surface area contributed by atoms with Gasteiger partial charge in [0, 0.05) is 18.8 Å². The first-order chi connectivity index (χ1) is 8.69. The number of aromatic nitrogens is 2. The van der Waals surface area contributed by atoms with E-state index in [1.807, 2.05) is 24.3 Å². The topological polar surface area (TPSA) is 39.1 Å². The Morgan fingerprint density at radius 1 is 1.37 bits per heavy atom. The lowest BCUT2D eigenvalue weighted by molar-refractivity contribution is 0.0569. The second-order valence-corrected chi connectivity index (χ2v) is 3.66. The first kappa shape index (κ1) is 15.2. The fourth-order valence-electron chi connectivity index (χ4n) is 1.52. The molecule has 7 heteroatoms. The van der Waals surface area contributed by atoms with E-state index in [-0.39, 0.29) is 12.4 Å². The molecule has 0 saturated carbocycles. The van der Waals surface area contributed by atoms with Crippen molar-refractivity contribution in [3.8, 4) is 5.75 Å². The second-order valence-electron chi connectivity index (χ2n) is 3.66. The minimum Gasteiger partial charge on any atom is -0.497 e. The average molecular weight is 290 g/mol. The zero-order valence-electron chi connectivity index (χ0n) is 10.2. The Hall–Kier alpha value is -1.82. The summed E-state index contributed by atoms with van der Waals surface area (Å²) in [4.78, 5) is 0. The third-order valence-corrected chi connectivity index (χ3v) is 2.42. The van der Waals surface area contributed by atoms with Crippen molar-refractivity contribution in [3.63, 3.8) is 0 Å². The van der Waals surface area contributed by atoms with Crippen LogP contribution >= 0.6 is 12.4 Å². The van der Waals surface area contributed by atoms with E-state index in [0.29, 0.717) is 17.0 Å². The highest BCUT2D eigenvalue weighted by atomic mass is 35.5. The smallest absolute Gasteiger partial charge is 0.333 e. The highest BCUT2D eigenvalue weighted by Crippen LogP contribution is 2.15. The first-order valence-electron chi connectivity index (χ1n) is 5.39. The number of ether oxygens (including phenoxy) is 1. The summed E-state index contributed by atoms with van der Waals surface area (Å²) in [6, 6.07) is 9.01. The van der Waals surface area contributed by atoms with Crippen LogP contribution in [0.4, 0.5) is 14.6 Å². The van der Waals surface area contributed by atoms with Gasteiger partial charge in [-0.2, -0.15) is 13.9 Å². The predicted octanol–water partition coefficient (Wildman–Crippen LogP) is 3.32. The summed E-state index contributed by atoms with van der Waals surface area (Å²) in [6.45, 7) is -2.12. The van der Waals surface area contributed by atoms with Gasteiger partial charge in [0.15, 0.2) is 0 Å². The van der Waals surface area contributed by atoms with E-state index in [2.05, 4.69) is 10.4 Å². The van der Waals surface area contributed by atoms with Crippen LogP contribution in [-0.2, 0) is 6.54 Å². The van der Waals surface area contributed by atoms with Crippen molar-refractivity contribution in [1.29, 1.82) is 0 Å². The number of alkyl halides is 2. The number of halogens is 3. The van der Waals surface area contributed by atoms with Gasteiger partial charge in [-0.3, -0.25) is 0 Å². The number of benzene rings is 1. The van der Waals surface area contributed by atoms with Crippen molar-refractivity contribution >= 4 is 18.2 Å². The molecule has 1 N–H and O–H groups in total. The molecule has 0 fully saturated rings. The molecule has 2 aromatic rings. The molecular formula is C12H14ClF2N3O. The van der Waals surface area contributed by atoms with Crippen molar-refractivity contribution in [3.05, 3.63) is 42.1 Å². The van der Waals surface area contributed by atoms with E-state index in [4.69, 9.17) is 4.74 Å². The molecule has 0 atom stereocenters. The van der Waals surface area contributed by atoms with E-state index in [1.165, 1.54) is 12.3 Å². The molecule has 0 aliphatic heterocycles. The van der Waals surface area contributed by atoms with E-state index in [1.54, 1.807) is 7.11 Å². The van der Waals surface area contributed by atoms with Crippen LogP contribution < -0.4 is 10.1 Å². The molecule has 4 nitrogen and oxygen atoms in total. The molecule has 0 unspecified atom stereocenters. The maximum atomic E-state index is 12.3. The zero-order valence-corrected chi connectivity index (χ0v) is 11.0. The van der Waals surface area contributed by atoms with E-state index >= 15 is 0 Å². The quantitative estimate of drug-likeness (QED) is 0.918. The summed E-state index contributed by atoms with van der Waals surface area (Å²) in [5.74, 6) is 1.17. The van der Waals surface area contributed by atoms with Crippen LogP contribution in [0, 0.1) is 0 Å². The Morgan fingerprint density at radius 3 is 2.79 bits per heavy atom. The van der Waals surface area contributed by atoms with Crippen LogP contribution in [0.15, 0.2) is 36.5 Å². The monoisotopic (exact) mass is 289 g/mol. The Bertz CT molecular complexity index is 519. The fourth-order valence-corrected chi connectivity index (χ4v) is 1.52. The van der Waals surface area contributed by atoms with Crippen molar-refractivity contribution < 1.29 is 13.5 Å². The van der Waals surface area contributed by atoms with Gasteiger partial charge < -0.3 is 10.1 Å². The molecular weight excluding hydrogens is 276 g/mol. The lowest BCUT2D eigenvalue weighted by atomic mass is 10.2. The van der Waals surface area contributed by atoms with Crippen LogP contribution in [0.5, 0.6) is 5.75 Å². The first-order valence-corrected chi connectivity index (χ1v) is 5.39. The van der Waals surface area contributed by atoms with Crippen molar-refractivity contribution in [1.82, 2.24) is 9.78 Å². The summed E-state index contributed by atoms with van der Waals surface area (Å²) in [5, 5.41) is 6.66. The number of anilines is 1. The number of hydrogen-bond donors (Lipinski definition) is 1. The van der Waals surface area contributed by atoms with Gasteiger partial charge in [-0.15, -0.1) is 12.4 Å². The summed E-state index contributed by atoms with van der Waals surface area (Å²) >= 11 is 0. The number of nitrogens with one attached hydrogen (secondary N) is 1. The average Bonchev–Trinajstić information content (AvgIpc) is 2.85. The van der Waals surface area contributed by atoms with Crippen LogP contribution in [0.2, 0.25) is 0 Å². The molecule has 0 saturated heterocycles. The molecule has 1 aromatic heterocycles. The van der Waals surface area contributed by atoms with Gasteiger partial charge in [-0.25, -0.2) is 4.68 Å². The van der Waals surface area contributed by atoms with Crippen molar-refractivity contribution in [2.75, 3.05) is 12.4 Å². The van der Waals surface area contributed by atoms with Gasteiger partial charge in [0.1, 0.15) is 11.6 Å². The summed E-state index contributed by atoms with van der Waals surface area (Å²) < 4.78 is 30.3. The molecule has 0 amide bonds. The van der Waals surface area contributed by atoms with Gasteiger partial charge in [0.25, 0.3) is 0 Å². The predicted molar refractivity (Wildman–Crippen MR) is 71.0 cm³/mol. The highest BCUT2D eigenvalue weighted by Gasteiger charge is 2.06. The fraction of sp³-hybridized carbons (Fsp3) is 0.250. The minimum absolute atomic E-state index is 0. The van der Waals surface area contributed by atoms with E-state index in [0.717, 1.165) is 11.3 Å². The van der Waals surface area contributed by atoms with Crippen molar-refractivity contribution in [2.24, 2.45) is 0 Å². The van der Waals surface area contributed by atoms with Crippen LogP contribution in [-0.4, -0.2) is 16.9 Å². The number of hydrogen-bond acceptors (Lipinski definition) is 3. The molecule has 0 radical (unpaired) electrons. The Labute approximate surface area is 115 Å². The summed E-state index contributed by atoms with van der Waals surface area (Å²) in [5.41, 5.74) is 0.987. The van der Waals surface area contributed by atoms with Gasteiger partial charge in [0.05, 0.1) is 7.11 Å². The Morgan fingerprint density at radius 2 is 2.16 bits per heavy atom. The molecule has 1 aromatic carbocycles. The maximum Gasteiger partial charge on any atom is 0.333 e. The molecule has 1 heterocycles. The maximum absolute atomic E-state index is 12.3. The largest absolute Gasteiger partial charge is 0.497 e. The lowest BCUT2D eigenvalue weighted by Crippen LogP contribution is -2.03. The van der Waals surface area contributed by atoms with Gasteiger partial charge >= 0.3 is 6.55 Å². The molecule has 0 aliphatic carbocycles. The molecule has 2 rings (SSSR count). The molecule has 104 valence electrons. The highest BCUT2D eigenvalue weighted by molar-refractivity contribution is 5.85. The molecule has 0 bridgehead atoms. The molecule has 0 spiro atoms. The van der Waals surface area contributed by atoms with Gasteiger partial charge in [0.2, 0.25) is 0 Å². The van der Waals surface area contributed by atoms with Gasteiger partial charge in [-0.05, 0) is 17.7 Å². The zero-order chi connectivity index (χ0) is 13.0. The standard InChI is InChI=1S/C12H13F2N3O.ClH/c1-18-10-4-2-3-9(7-10)8-15-11-5-6-17(16-11)12(13)14;/h2-7,12H,8H2,1H3,(H,15,16);1H. The third-order valence-electron chi connectivity index (χ3n) is 2.42. The molecule has 0 aliphatic rings. The van der Waals surface area contributed by atoms with E-state index < -0.39 is 6.55 Å². The normalized spacial score (nSPS) is 10.1. The summed E-state index contributed by atoms with van der Waals surface area (Å²) in [7, 11) is 1.59. The summed E-state index contributed by atoms with van der Waals surface area (Å²) in [6.07, 6.45) is 1.23. The minimum atomic E-state index is -2.61. The Balaban J connectivity index is 0.00000180. The number of rotatable bonds is 5. The van der Waals surface area contributed by atoms with E-state index in [9.17, 15) is 8.78 Å². The Kier molecular flexibility index (Phi) is 5.57. The SMILES string of the molecule is COc1cccc(CNc2ccn(C(F)F)n2)c1.Cl. The molecule has 19 heavy (non-hydrogen) atoms. The third kappa shape index (κ3) is 4.10. The lowest BCUT2D eigenvalue weighted by Gasteiger charge is -2.05. The second kappa shape index (κ2) is 6.94.